The highest BCUT2D eigenvalue weighted by Crippen LogP contribution is 2.89. The maximum absolute atomic E-state index is 12.3. The molecule has 1 heterocycles. The van der Waals surface area contributed by atoms with E-state index in [2.05, 4.69) is 40.9 Å². The van der Waals surface area contributed by atoms with Crippen LogP contribution >= 0.6 is 11.8 Å². The van der Waals surface area contributed by atoms with Gasteiger partial charge in [-0.15, -0.1) is 0 Å². The van der Waals surface area contributed by atoms with Crippen LogP contribution in [0.2, 0.25) is 0 Å². The van der Waals surface area contributed by atoms with Crippen molar-refractivity contribution in [3.63, 3.8) is 0 Å². The van der Waals surface area contributed by atoms with Crippen molar-refractivity contribution in [1.29, 1.82) is 0 Å². The molecule has 6 fully saturated rings. The van der Waals surface area contributed by atoms with Gasteiger partial charge in [0, 0.05) is 5.41 Å². The van der Waals surface area contributed by atoms with Crippen LogP contribution < -0.4 is 0 Å². The molecule has 206 valence electrons. The molecule has 36 heavy (non-hydrogen) atoms. The van der Waals surface area contributed by atoms with E-state index in [1.807, 2.05) is 13.8 Å². The molecular weight excluding hydrogens is 468 g/mol. The first-order valence-electron chi connectivity index (χ1n) is 14.9. The molecule has 13 unspecified atom stereocenters. The lowest BCUT2D eigenvalue weighted by atomic mass is 9.41. The Hall–Kier alpha value is 0.190. The van der Waals surface area contributed by atoms with Gasteiger partial charge in [0.25, 0.3) is 0 Å². The fourth-order valence-electron chi connectivity index (χ4n) is 12.4. The highest BCUT2D eigenvalue weighted by atomic mass is 32.2. The minimum atomic E-state index is -0.818. The number of aliphatic hydroxyl groups is 3. The fourth-order valence-corrected chi connectivity index (χ4v) is 13.5. The van der Waals surface area contributed by atoms with Crippen LogP contribution in [0.5, 0.6) is 0 Å². The molecule has 0 bridgehead atoms. The third-order valence-electron chi connectivity index (χ3n) is 14.1. The van der Waals surface area contributed by atoms with Crippen LogP contribution in [-0.4, -0.2) is 56.8 Å². The van der Waals surface area contributed by atoms with Crippen LogP contribution in [0, 0.1) is 50.7 Å². The molecule has 5 heteroatoms. The van der Waals surface area contributed by atoms with Crippen molar-refractivity contribution in [2.45, 2.75) is 135 Å². The zero-order valence-electron chi connectivity index (χ0n) is 24.0. The predicted molar refractivity (Wildman–Crippen MR) is 146 cm³/mol. The molecule has 1 saturated heterocycles. The molecule has 13 atom stereocenters. The lowest BCUT2D eigenvalue weighted by molar-refractivity contribution is -0.182. The second-order valence-corrected chi connectivity index (χ2v) is 16.9. The van der Waals surface area contributed by atoms with Crippen LogP contribution in [0.25, 0.3) is 0 Å². The lowest BCUT2D eigenvalue weighted by Gasteiger charge is -2.63. The zero-order valence-corrected chi connectivity index (χ0v) is 24.8. The summed E-state index contributed by atoms with van der Waals surface area (Å²) >= 11 is 1.70. The highest BCUT2D eigenvalue weighted by molar-refractivity contribution is 7.99. The van der Waals surface area contributed by atoms with E-state index in [-0.39, 0.29) is 39.8 Å². The molecule has 0 radical (unpaired) electrons. The first kappa shape index (κ1) is 26.4. The van der Waals surface area contributed by atoms with Crippen LogP contribution in [-0.2, 0) is 4.74 Å². The predicted octanol–water partition coefficient (Wildman–Crippen LogP) is 5.66. The van der Waals surface area contributed by atoms with E-state index in [1.54, 1.807) is 11.8 Å². The minimum Gasteiger partial charge on any atom is -0.393 e. The molecular formula is C31H52O4S. The van der Waals surface area contributed by atoms with Crippen LogP contribution in [0.3, 0.4) is 0 Å². The summed E-state index contributed by atoms with van der Waals surface area (Å²) in [6.07, 6.45) is 10.5. The topological polar surface area (TPSA) is 69.9 Å². The van der Waals surface area contributed by atoms with Crippen molar-refractivity contribution >= 4 is 11.8 Å². The van der Waals surface area contributed by atoms with Gasteiger partial charge in [-0.2, -0.15) is 11.8 Å². The van der Waals surface area contributed by atoms with E-state index in [9.17, 15) is 15.3 Å². The van der Waals surface area contributed by atoms with Gasteiger partial charge in [0.05, 0.1) is 35.3 Å². The lowest BCUT2D eigenvalue weighted by Crippen LogP contribution is -2.59. The van der Waals surface area contributed by atoms with Crippen molar-refractivity contribution in [3.05, 3.63) is 0 Å². The summed E-state index contributed by atoms with van der Waals surface area (Å²) in [5.74, 6) is 1.97. The SMILES string of the molecule is CSC(C1CC(C)C2C(O1)C(O)C1(C)C3CCC4C(C)(C)C(O)CCC45CC35CCC21C)C(C)(C)O. The molecule has 3 N–H and O–H groups in total. The van der Waals surface area contributed by atoms with Gasteiger partial charge in [-0.05, 0) is 117 Å². The monoisotopic (exact) mass is 520 g/mol. The summed E-state index contributed by atoms with van der Waals surface area (Å²) in [6.45, 7) is 15.8. The molecule has 6 rings (SSSR count). The Morgan fingerprint density at radius 1 is 0.944 bits per heavy atom. The number of rotatable bonds is 3. The van der Waals surface area contributed by atoms with E-state index < -0.39 is 11.7 Å². The van der Waals surface area contributed by atoms with Crippen molar-refractivity contribution in [3.8, 4) is 0 Å². The fraction of sp³-hybridized carbons (Fsp3) is 1.00. The first-order valence-corrected chi connectivity index (χ1v) is 16.2. The van der Waals surface area contributed by atoms with E-state index in [4.69, 9.17) is 4.74 Å². The van der Waals surface area contributed by atoms with Crippen LogP contribution in [0.1, 0.15) is 99.8 Å². The van der Waals surface area contributed by atoms with E-state index in [0.717, 1.165) is 12.8 Å². The average Bonchev–Trinajstić information content (AvgIpc) is 3.41. The van der Waals surface area contributed by atoms with E-state index >= 15 is 0 Å². The van der Waals surface area contributed by atoms with Crippen molar-refractivity contribution in [2.75, 3.05) is 6.26 Å². The van der Waals surface area contributed by atoms with Gasteiger partial charge in [-0.3, -0.25) is 0 Å². The summed E-state index contributed by atoms with van der Waals surface area (Å²) in [5.41, 5.74) is -0.194. The van der Waals surface area contributed by atoms with Gasteiger partial charge >= 0.3 is 0 Å². The van der Waals surface area contributed by atoms with E-state index in [0.29, 0.717) is 34.5 Å². The maximum Gasteiger partial charge on any atom is 0.0879 e. The second-order valence-electron chi connectivity index (χ2n) is 15.9. The molecule has 4 nitrogen and oxygen atoms in total. The van der Waals surface area contributed by atoms with Gasteiger partial charge in [0.1, 0.15) is 0 Å². The van der Waals surface area contributed by atoms with Crippen LogP contribution in [0.15, 0.2) is 0 Å². The molecule has 6 aliphatic rings. The summed E-state index contributed by atoms with van der Waals surface area (Å²) < 4.78 is 6.91. The van der Waals surface area contributed by atoms with Gasteiger partial charge in [0.15, 0.2) is 0 Å². The number of ether oxygens (including phenoxy) is 1. The summed E-state index contributed by atoms with van der Waals surface area (Å²) in [5, 5.41) is 34.2. The van der Waals surface area contributed by atoms with Gasteiger partial charge < -0.3 is 20.1 Å². The second kappa shape index (κ2) is 7.68. The van der Waals surface area contributed by atoms with Crippen molar-refractivity contribution < 1.29 is 20.1 Å². The molecule has 5 aliphatic carbocycles. The maximum atomic E-state index is 12.3. The summed E-state index contributed by atoms with van der Waals surface area (Å²) in [6, 6.07) is 0. The number of thioether (sulfide) groups is 1. The quantitative estimate of drug-likeness (QED) is 0.448. The summed E-state index contributed by atoms with van der Waals surface area (Å²) in [4.78, 5) is 0. The van der Waals surface area contributed by atoms with Gasteiger partial charge in [0.2, 0.25) is 0 Å². The molecule has 2 spiro atoms. The standard InChI is InChI=1S/C31H52O4S/c1-17-15-18(25(36-8)27(4,5)34)35-23-22(17)28(6)13-14-31-16-30(31)12-11-21(32)26(2,3)19(30)9-10-20(31)29(28,7)24(23)33/h17-25,32-34H,9-16H2,1-8H3. The number of aliphatic hydroxyl groups excluding tert-OH is 2. The zero-order chi connectivity index (χ0) is 26.3. The molecule has 0 aromatic carbocycles. The minimum absolute atomic E-state index is 0.000667. The Labute approximate surface area is 223 Å². The van der Waals surface area contributed by atoms with Gasteiger partial charge in [-0.1, -0.05) is 34.6 Å². The third-order valence-corrected chi connectivity index (χ3v) is 15.5. The molecule has 0 aromatic rings. The third kappa shape index (κ3) is 2.89. The largest absolute Gasteiger partial charge is 0.393 e. The number of hydrogen-bond acceptors (Lipinski definition) is 5. The Kier molecular flexibility index (Phi) is 5.63. The van der Waals surface area contributed by atoms with Gasteiger partial charge in [-0.25, -0.2) is 0 Å². The van der Waals surface area contributed by atoms with Crippen molar-refractivity contribution in [2.24, 2.45) is 50.7 Å². The van der Waals surface area contributed by atoms with Crippen LogP contribution in [0.4, 0.5) is 0 Å². The molecule has 1 aliphatic heterocycles. The first-order chi connectivity index (χ1) is 16.6. The normalized spacial score (nSPS) is 58.1. The average molecular weight is 521 g/mol. The Morgan fingerprint density at radius 2 is 1.58 bits per heavy atom. The smallest absolute Gasteiger partial charge is 0.0879 e. The summed E-state index contributed by atoms with van der Waals surface area (Å²) in [7, 11) is 0. The Bertz CT molecular complexity index is 915. The Balaban J connectivity index is 1.36. The van der Waals surface area contributed by atoms with E-state index in [1.165, 1.54) is 38.5 Å². The molecule has 0 aromatic heterocycles. The molecule has 5 saturated carbocycles. The number of hydrogen-bond donors (Lipinski definition) is 3. The number of fused-ring (bicyclic) bond motifs is 4. The molecule has 0 amide bonds. The Morgan fingerprint density at radius 3 is 2.22 bits per heavy atom. The van der Waals surface area contributed by atoms with Crippen molar-refractivity contribution in [1.82, 2.24) is 0 Å². The highest BCUT2D eigenvalue weighted by Gasteiger charge is 2.84.